The predicted molar refractivity (Wildman–Crippen MR) is 117 cm³/mol. The van der Waals surface area contributed by atoms with Gasteiger partial charge >= 0.3 is 0 Å². The van der Waals surface area contributed by atoms with E-state index in [0.29, 0.717) is 29.4 Å². The molecule has 1 amide bonds. The maximum Gasteiger partial charge on any atom is 0.264 e. The van der Waals surface area contributed by atoms with Crippen molar-refractivity contribution >= 4 is 44.9 Å². The number of aromatic nitrogens is 2. The first-order valence-corrected chi connectivity index (χ1v) is 11.0. The molecule has 0 aliphatic carbocycles. The number of thiocarbonyl (C=S) groups is 1. The average molecular weight is 436 g/mol. The van der Waals surface area contributed by atoms with Crippen LogP contribution in [-0.2, 0) is 14.8 Å². The molecule has 0 bridgehead atoms. The number of nitrogens with one attached hydrogen (secondary N) is 3. The highest BCUT2D eigenvalue weighted by atomic mass is 32.2. The number of hydrogen-bond donors (Lipinski definition) is 3. The van der Waals surface area contributed by atoms with Crippen molar-refractivity contribution in [3.63, 3.8) is 0 Å². The predicted octanol–water partition coefficient (Wildman–Crippen LogP) is 3.14. The smallest absolute Gasteiger partial charge is 0.264 e. The fraction of sp³-hybridized carbons (Fsp3) is 0.368. The van der Waals surface area contributed by atoms with Gasteiger partial charge in [0.15, 0.2) is 5.11 Å². The molecule has 0 fully saturated rings. The van der Waals surface area contributed by atoms with Crippen LogP contribution in [0, 0.1) is 19.8 Å². The molecule has 29 heavy (non-hydrogen) atoms. The second-order valence-electron chi connectivity index (χ2n) is 7.04. The number of sulfonamides is 1. The standard InChI is InChI=1S/C19H25N5O3S2/c1-12(2)5-10-17(25)23-19(28)22-15-6-8-16(9-7-15)29(26,27)24-18-20-13(3)11-14(4)21-18/h6-9,11-12H,5,10H2,1-4H3,(H,20,21,24)(H2,22,23,25,28). The maximum atomic E-state index is 12.5. The number of carbonyl (C=O) groups is 1. The summed E-state index contributed by atoms with van der Waals surface area (Å²) in [6.45, 7) is 7.61. The number of amides is 1. The zero-order chi connectivity index (χ0) is 21.6. The van der Waals surface area contributed by atoms with Gasteiger partial charge in [0.05, 0.1) is 4.90 Å². The van der Waals surface area contributed by atoms with E-state index in [4.69, 9.17) is 12.2 Å². The molecule has 0 unspecified atom stereocenters. The van der Waals surface area contributed by atoms with Gasteiger partial charge in [-0.05, 0) is 68.7 Å². The second-order valence-corrected chi connectivity index (χ2v) is 9.13. The first kappa shape index (κ1) is 22.7. The minimum Gasteiger partial charge on any atom is -0.332 e. The summed E-state index contributed by atoms with van der Waals surface area (Å²) in [4.78, 5) is 20.0. The number of carbonyl (C=O) groups excluding carboxylic acids is 1. The number of aryl methyl sites for hydroxylation is 2. The van der Waals surface area contributed by atoms with Crippen LogP contribution in [0.5, 0.6) is 0 Å². The lowest BCUT2D eigenvalue weighted by atomic mass is 10.1. The quantitative estimate of drug-likeness (QED) is 0.573. The van der Waals surface area contributed by atoms with Crippen molar-refractivity contribution in [2.75, 3.05) is 10.0 Å². The van der Waals surface area contributed by atoms with Crippen molar-refractivity contribution in [3.8, 4) is 0 Å². The van der Waals surface area contributed by atoms with Crippen molar-refractivity contribution < 1.29 is 13.2 Å². The molecule has 10 heteroatoms. The van der Waals surface area contributed by atoms with Crippen molar-refractivity contribution in [1.29, 1.82) is 0 Å². The van der Waals surface area contributed by atoms with Crippen LogP contribution < -0.4 is 15.4 Å². The monoisotopic (exact) mass is 435 g/mol. The Balaban J connectivity index is 1.99. The lowest BCUT2D eigenvalue weighted by molar-refractivity contribution is -0.119. The minimum absolute atomic E-state index is 0.0231. The van der Waals surface area contributed by atoms with Gasteiger partial charge < -0.3 is 10.6 Å². The fourth-order valence-corrected chi connectivity index (χ4v) is 3.61. The van der Waals surface area contributed by atoms with E-state index in [1.54, 1.807) is 32.0 Å². The molecule has 0 aliphatic rings. The molecule has 1 aromatic heterocycles. The number of rotatable bonds is 7. The average Bonchev–Trinajstić information content (AvgIpc) is 2.59. The first-order valence-electron chi connectivity index (χ1n) is 9.11. The molecule has 1 heterocycles. The lowest BCUT2D eigenvalue weighted by Gasteiger charge is -2.11. The molecule has 0 radical (unpaired) electrons. The van der Waals surface area contributed by atoms with Crippen LogP contribution in [0.1, 0.15) is 38.1 Å². The van der Waals surface area contributed by atoms with E-state index >= 15 is 0 Å². The molecule has 156 valence electrons. The SMILES string of the molecule is Cc1cc(C)nc(NS(=O)(=O)c2ccc(NC(=S)NC(=O)CCC(C)C)cc2)n1. The maximum absolute atomic E-state index is 12.5. The van der Waals surface area contributed by atoms with Crippen LogP contribution >= 0.6 is 12.2 Å². The summed E-state index contributed by atoms with van der Waals surface area (Å²) >= 11 is 5.12. The van der Waals surface area contributed by atoms with Gasteiger partial charge in [-0.15, -0.1) is 0 Å². The molecule has 1 aromatic carbocycles. The van der Waals surface area contributed by atoms with Gasteiger partial charge in [-0.25, -0.2) is 23.1 Å². The number of benzene rings is 1. The molecule has 0 saturated heterocycles. The molecule has 8 nitrogen and oxygen atoms in total. The van der Waals surface area contributed by atoms with Gasteiger partial charge in [0, 0.05) is 23.5 Å². The van der Waals surface area contributed by atoms with Crippen LogP contribution in [0.3, 0.4) is 0 Å². The second kappa shape index (κ2) is 9.75. The van der Waals surface area contributed by atoms with Gasteiger partial charge in [-0.2, -0.15) is 0 Å². The molecule has 0 spiro atoms. The molecule has 2 rings (SSSR count). The Morgan fingerprint density at radius 1 is 1.10 bits per heavy atom. The normalized spacial score (nSPS) is 11.2. The van der Waals surface area contributed by atoms with E-state index in [9.17, 15) is 13.2 Å². The highest BCUT2D eigenvalue weighted by Gasteiger charge is 2.16. The summed E-state index contributed by atoms with van der Waals surface area (Å²) in [6, 6.07) is 7.72. The first-order chi connectivity index (χ1) is 13.5. The number of hydrogen-bond acceptors (Lipinski definition) is 6. The van der Waals surface area contributed by atoms with Crippen LogP contribution in [0.4, 0.5) is 11.6 Å². The van der Waals surface area contributed by atoms with Crippen LogP contribution in [0.15, 0.2) is 35.2 Å². The molecule has 3 N–H and O–H groups in total. The van der Waals surface area contributed by atoms with E-state index in [0.717, 1.165) is 6.42 Å². The molecule has 0 aliphatic heterocycles. The Labute approximate surface area is 176 Å². The van der Waals surface area contributed by atoms with Gasteiger partial charge in [0.25, 0.3) is 10.0 Å². The van der Waals surface area contributed by atoms with Crippen molar-refractivity contribution in [3.05, 3.63) is 41.7 Å². The highest BCUT2D eigenvalue weighted by Crippen LogP contribution is 2.17. The summed E-state index contributed by atoms with van der Waals surface area (Å²) in [5.74, 6) is 0.294. The van der Waals surface area contributed by atoms with Crippen molar-refractivity contribution in [2.24, 2.45) is 5.92 Å². The largest absolute Gasteiger partial charge is 0.332 e. The highest BCUT2D eigenvalue weighted by molar-refractivity contribution is 7.92. The van der Waals surface area contributed by atoms with E-state index in [1.807, 2.05) is 13.8 Å². The summed E-state index contributed by atoms with van der Waals surface area (Å²) in [6.07, 6.45) is 1.17. The fourth-order valence-electron chi connectivity index (χ4n) is 2.44. The van der Waals surface area contributed by atoms with E-state index in [2.05, 4.69) is 25.3 Å². The molecular formula is C19H25N5O3S2. The Hall–Kier alpha value is -2.59. The third-order valence-electron chi connectivity index (χ3n) is 3.83. The molecule has 0 atom stereocenters. The molecule has 0 saturated carbocycles. The summed E-state index contributed by atoms with van der Waals surface area (Å²) in [5.41, 5.74) is 1.89. The Morgan fingerprint density at radius 2 is 1.69 bits per heavy atom. The van der Waals surface area contributed by atoms with E-state index in [1.165, 1.54) is 12.1 Å². The topological polar surface area (TPSA) is 113 Å². The van der Waals surface area contributed by atoms with E-state index in [-0.39, 0.29) is 21.9 Å². The summed E-state index contributed by atoms with van der Waals surface area (Å²) in [7, 11) is -3.83. The third kappa shape index (κ3) is 7.39. The summed E-state index contributed by atoms with van der Waals surface area (Å²) < 4.78 is 27.4. The van der Waals surface area contributed by atoms with Gasteiger partial charge in [-0.1, -0.05) is 13.8 Å². The zero-order valence-electron chi connectivity index (χ0n) is 16.8. The van der Waals surface area contributed by atoms with Crippen molar-refractivity contribution in [1.82, 2.24) is 15.3 Å². The Morgan fingerprint density at radius 3 is 2.24 bits per heavy atom. The van der Waals surface area contributed by atoms with Crippen LogP contribution in [-0.4, -0.2) is 29.4 Å². The number of anilines is 2. The minimum atomic E-state index is -3.83. The van der Waals surface area contributed by atoms with Crippen LogP contribution in [0.2, 0.25) is 0 Å². The van der Waals surface area contributed by atoms with E-state index < -0.39 is 10.0 Å². The molecule has 2 aromatic rings. The third-order valence-corrected chi connectivity index (χ3v) is 5.38. The number of nitrogens with zero attached hydrogens (tertiary/aromatic N) is 2. The van der Waals surface area contributed by atoms with Gasteiger partial charge in [0.2, 0.25) is 11.9 Å². The Kier molecular flexibility index (Phi) is 7.63. The Bertz CT molecular complexity index is 969. The van der Waals surface area contributed by atoms with Gasteiger partial charge in [-0.3, -0.25) is 4.79 Å². The summed E-state index contributed by atoms with van der Waals surface area (Å²) in [5, 5.41) is 5.63. The van der Waals surface area contributed by atoms with Crippen molar-refractivity contribution in [2.45, 2.75) is 45.4 Å². The zero-order valence-corrected chi connectivity index (χ0v) is 18.4. The lowest BCUT2D eigenvalue weighted by Crippen LogP contribution is -2.34. The van der Waals surface area contributed by atoms with Crippen LogP contribution in [0.25, 0.3) is 0 Å². The van der Waals surface area contributed by atoms with Gasteiger partial charge in [0.1, 0.15) is 0 Å². The molecular weight excluding hydrogens is 410 g/mol.